The van der Waals surface area contributed by atoms with Crippen molar-refractivity contribution in [3.63, 3.8) is 0 Å². The molecule has 2 aromatic rings. The Morgan fingerprint density at radius 2 is 2.15 bits per heavy atom. The molecule has 4 rings (SSSR count). The highest BCUT2D eigenvalue weighted by molar-refractivity contribution is 5.59. The summed E-state index contributed by atoms with van der Waals surface area (Å²) in [5.41, 5.74) is 10.0. The molecule has 0 spiro atoms. The molecular formula is C15H19N5. The Balaban J connectivity index is 1.61. The number of aromatic amines is 1. The van der Waals surface area contributed by atoms with E-state index in [1.165, 1.54) is 30.4 Å². The molecule has 0 saturated carbocycles. The molecule has 0 radical (unpaired) electrons. The maximum absolute atomic E-state index is 5.93. The Morgan fingerprint density at radius 1 is 1.25 bits per heavy atom. The number of fused-ring (bicyclic) bond motifs is 1. The van der Waals surface area contributed by atoms with E-state index in [0.717, 1.165) is 36.8 Å². The minimum Gasteiger partial charge on any atom is -0.338 e. The van der Waals surface area contributed by atoms with Gasteiger partial charge in [0.25, 0.3) is 0 Å². The molecule has 2 aliphatic rings. The van der Waals surface area contributed by atoms with Gasteiger partial charge >= 0.3 is 0 Å². The molecule has 5 nitrogen and oxygen atoms in total. The Kier molecular flexibility index (Phi) is 2.73. The molecule has 1 aromatic heterocycles. The second-order valence-corrected chi connectivity index (χ2v) is 5.82. The molecule has 1 saturated heterocycles. The van der Waals surface area contributed by atoms with E-state index in [-0.39, 0.29) is 6.04 Å². The minimum absolute atomic E-state index is 0.247. The van der Waals surface area contributed by atoms with Gasteiger partial charge in [-0.1, -0.05) is 12.1 Å². The summed E-state index contributed by atoms with van der Waals surface area (Å²) >= 11 is 0. The molecule has 0 bridgehead atoms. The maximum Gasteiger partial charge on any atom is 0.245 e. The van der Waals surface area contributed by atoms with Crippen LogP contribution in [0.2, 0.25) is 0 Å². The number of nitrogens with one attached hydrogen (secondary N) is 1. The third-order valence-corrected chi connectivity index (χ3v) is 4.35. The van der Waals surface area contributed by atoms with Crippen LogP contribution in [0.15, 0.2) is 18.2 Å². The first kappa shape index (κ1) is 11.9. The fraction of sp³-hybridized carbons (Fsp3) is 0.467. The number of nitrogens with zero attached hydrogens (tertiary/aromatic N) is 3. The highest BCUT2D eigenvalue weighted by Gasteiger charge is 2.22. The van der Waals surface area contributed by atoms with Crippen LogP contribution < -0.4 is 10.6 Å². The van der Waals surface area contributed by atoms with E-state index >= 15 is 0 Å². The molecule has 1 aliphatic heterocycles. The number of aromatic nitrogens is 3. The van der Waals surface area contributed by atoms with Crippen molar-refractivity contribution in [1.29, 1.82) is 0 Å². The van der Waals surface area contributed by atoms with Crippen LogP contribution >= 0.6 is 0 Å². The van der Waals surface area contributed by atoms with Crippen molar-refractivity contribution in [3.8, 4) is 11.4 Å². The van der Waals surface area contributed by atoms with Crippen molar-refractivity contribution in [2.45, 2.75) is 31.7 Å². The first-order valence-corrected chi connectivity index (χ1v) is 7.35. The summed E-state index contributed by atoms with van der Waals surface area (Å²) in [6.07, 6.45) is 4.68. The fourth-order valence-corrected chi connectivity index (χ4v) is 3.21. The van der Waals surface area contributed by atoms with E-state index in [1.807, 2.05) is 0 Å². The summed E-state index contributed by atoms with van der Waals surface area (Å²) in [7, 11) is 0. The molecule has 1 aromatic carbocycles. The summed E-state index contributed by atoms with van der Waals surface area (Å²) in [5, 5.41) is 7.40. The minimum atomic E-state index is 0.247. The second-order valence-electron chi connectivity index (χ2n) is 5.82. The average molecular weight is 269 g/mol. The van der Waals surface area contributed by atoms with Gasteiger partial charge in [0.05, 0.1) is 0 Å². The van der Waals surface area contributed by atoms with Crippen molar-refractivity contribution in [2.75, 3.05) is 18.0 Å². The van der Waals surface area contributed by atoms with E-state index in [2.05, 4.69) is 38.3 Å². The summed E-state index contributed by atoms with van der Waals surface area (Å²) in [6.45, 7) is 1.80. The lowest BCUT2D eigenvalue weighted by molar-refractivity contribution is 0.750. The van der Waals surface area contributed by atoms with E-state index < -0.39 is 0 Å². The first-order valence-electron chi connectivity index (χ1n) is 7.35. The van der Waals surface area contributed by atoms with Crippen molar-refractivity contribution in [1.82, 2.24) is 15.2 Å². The van der Waals surface area contributed by atoms with Gasteiger partial charge in [-0.2, -0.15) is 4.98 Å². The predicted octanol–water partition coefficient (Wildman–Crippen LogP) is 1.50. The molecule has 20 heavy (non-hydrogen) atoms. The summed E-state index contributed by atoms with van der Waals surface area (Å²) in [4.78, 5) is 6.78. The SMILES string of the molecule is NC1CCN(c2n[nH]c(-c3ccc4c(c3)CCC4)n2)C1. The molecule has 104 valence electrons. The largest absolute Gasteiger partial charge is 0.338 e. The van der Waals surface area contributed by atoms with Crippen LogP contribution in [0.25, 0.3) is 11.4 Å². The lowest BCUT2D eigenvalue weighted by Gasteiger charge is -2.11. The van der Waals surface area contributed by atoms with Crippen LogP contribution in [-0.4, -0.2) is 34.3 Å². The topological polar surface area (TPSA) is 70.8 Å². The fourth-order valence-electron chi connectivity index (χ4n) is 3.21. The smallest absolute Gasteiger partial charge is 0.245 e. The maximum atomic E-state index is 5.93. The summed E-state index contributed by atoms with van der Waals surface area (Å²) < 4.78 is 0. The molecule has 1 fully saturated rings. The third kappa shape index (κ3) is 1.98. The van der Waals surface area contributed by atoms with Crippen molar-refractivity contribution >= 4 is 5.95 Å². The van der Waals surface area contributed by atoms with Gasteiger partial charge in [0, 0.05) is 24.7 Å². The average Bonchev–Trinajstić information content (AvgIpc) is 3.17. The van der Waals surface area contributed by atoms with Crippen molar-refractivity contribution in [2.24, 2.45) is 5.73 Å². The molecular weight excluding hydrogens is 250 g/mol. The number of benzene rings is 1. The third-order valence-electron chi connectivity index (χ3n) is 4.35. The van der Waals surface area contributed by atoms with E-state index in [4.69, 9.17) is 5.73 Å². The predicted molar refractivity (Wildman–Crippen MR) is 78.6 cm³/mol. The molecule has 2 heterocycles. The first-order chi connectivity index (χ1) is 9.79. The Hall–Kier alpha value is -1.88. The number of aryl methyl sites for hydroxylation is 2. The highest BCUT2D eigenvalue weighted by atomic mass is 15.4. The standard InChI is InChI=1S/C15H19N5/c16-13-6-7-20(9-13)15-17-14(18-19-15)12-5-4-10-2-1-3-11(10)8-12/h4-5,8,13H,1-3,6-7,9,16H2,(H,17,18,19). The highest BCUT2D eigenvalue weighted by Crippen LogP contribution is 2.27. The normalized spacial score (nSPS) is 21.4. The summed E-state index contributed by atoms with van der Waals surface area (Å²) in [5.74, 6) is 1.63. The molecule has 0 amide bonds. The van der Waals surface area contributed by atoms with E-state index in [0.29, 0.717) is 0 Å². The van der Waals surface area contributed by atoms with Crippen LogP contribution in [0.1, 0.15) is 24.0 Å². The number of H-pyrrole nitrogens is 1. The van der Waals surface area contributed by atoms with E-state index in [1.54, 1.807) is 0 Å². The Bertz CT molecular complexity index is 633. The zero-order valence-corrected chi connectivity index (χ0v) is 11.5. The zero-order chi connectivity index (χ0) is 13.5. The van der Waals surface area contributed by atoms with Gasteiger partial charge < -0.3 is 10.6 Å². The lowest BCUT2D eigenvalue weighted by atomic mass is 10.1. The quantitative estimate of drug-likeness (QED) is 0.866. The lowest BCUT2D eigenvalue weighted by Crippen LogP contribution is -2.26. The number of hydrogen-bond acceptors (Lipinski definition) is 4. The van der Waals surface area contributed by atoms with Gasteiger partial charge in [-0.15, -0.1) is 5.10 Å². The van der Waals surface area contributed by atoms with Gasteiger partial charge in [0.15, 0.2) is 5.82 Å². The van der Waals surface area contributed by atoms with Gasteiger partial charge in [0.2, 0.25) is 5.95 Å². The Morgan fingerprint density at radius 3 is 3.00 bits per heavy atom. The van der Waals surface area contributed by atoms with Crippen LogP contribution in [-0.2, 0) is 12.8 Å². The van der Waals surface area contributed by atoms with Gasteiger partial charge in [-0.25, -0.2) is 0 Å². The van der Waals surface area contributed by atoms with Gasteiger partial charge in [-0.05, 0) is 42.9 Å². The second kappa shape index (κ2) is 4.59. The van der Waals surface area contributed by atoms with Gasteiger partial charge in [-0.3, -0.25) is 5.10 Å². The van der Waals surface area contributed by atoms with E-state index in [9.17, 15) is 0 Å². The number of hydrogen-bond donors (Lipinski definition) is 2. The summed E-state index contributed by atoms with van der Waals surface area (Å²) in [6, 6.07) is 6.87. The van der Waals surface area contributed by atoms with Crippen LogP contribution in [0.3, 0.4) is 0 Å². The molecule has 5 heteroatoms. The zero-order valence-electron chi connectivity index (χ0n) is 11.5. The number of nitrogens with two attached hydrogens (primary N) is 1. The molecule has 1 unspecified atom stereocenters. The molecule has 1 aliphatic carbocycles. The number of rotatable bonds is 2. The molecule has 1 atom stereocenters. The number of anilines is 1. The monoisotopic (exact) mass is 269 g/mol. The van der Waals surface area contributed by atoms with Crippen molar-refractivity contribution in [3.05, 3.63) is 29.3 Å². The van der Waals surface area contributed by atoms with Crippen LogP contribution in [0.4, 0.5) is 5.95 Å². The van der Waals surface area contributed by atoms with Crippen molar-refractivity contribution < 1.29 is 0 Å². The molecule has 3 N–H and O–H groups in total. The Labute approximate surface area is 118 Å². The van der Waals surface area contributed by atoms with Crippen LogP contribution in [0, 0.1) is 0 Å². The van der Waals surface area contributed by atoms with Gasteiger partial charge in [0.1, 0.15) is 0 Å². The van der Waals surface area contributed by atoms with Crippen LogP contribution in [0.5, 0.6) is 0 Å².